The van der Waals surface area contributed by atoms with Crippen molar-refractivity contribution in [1.29, 1.82) is 0 Å². The van der Waals surface area contributed by atoms with Gasteiger partial charge in [0.15, 0.2) is 5.96 Å². The van der Waals surface area contributed by atoms with Gasteiger partial charge in [-0.1, -0.05) is 0 Å². The molecule has 0 amide bonds. The molecule has 2 heterocycles. The third-order valence-electron chi connectivity index (χ3n) is 3.72. The third-order valence-corrected chi connectivity index (χ3v) is 7.61. The fourth-order valence-corrected chi connectivity index (χ4v) is 5.61. The van der Waals surface area contributed by atoms with Crippen LogP contribution in [-0.2, 0) is 16.6 Å². The lowest BCUT2D eigenvalue weighted by Crippen LogP contribution is -2.44. The van der Waals surface area contributed by atoms with Crippen molar-refractivity contribution in [2.45, 2.75) is 20.4 Å². The van der Waals surface area contributed by atoms with E-state index in [1.165, 1.54) is 4.88 Å². The molecule has 1 aliphatic rings. The number of aryl methyl sites for hydroxylation is 2. The molecule has 0 aliphatic carbocycles. The second-order valence-electron chi connectivity index (χ2n) is 5.43. The number of halogens is 1. The van der Waals surface area contributed by atoms with Crippen molar-refractivity contribution in [2.75, 3.05) is 43.9 Å². The van der Waals surface area contributed by atoms with Crippen LogP contribution in [0.1, 0.15) is 15.6 Å². The van der Waals surface area contributed by atoms with Crippen molar-refractivity contribution in [3.05, 3.63) is 15.6 Å². The maximum absolute atomic E-state index is 12.3. The molecular formula is C14H26IN5O2S3. The van der Waals surface area contributed by atoms with Crippen LogP contribution < -0.4 is 10.6 Å². The number of nitrogens with zero attached hydrogens (tertiary/aromatic N) is 3. The van der Waals surface area contributed by atoms with Gasteiger partial charge in [0, 0.05) is 43.1 Å². The monoisotopic (exact) mass is 519 g/mol. The highest BCUT2D eigenvalue weighted by Crippen LogP contribution is 2.16. The zero-order chi connectivity index (χ0) is 17.6. The van der Waals surface area contributed by atoms with Crippen molar-refractivity contribution >= 4 is 63.1 Å². The lowest BCUT2D eigenvalue weighted by molar-refractivity contribution is 0.443. The first kappa shape index (κ1) is 22.9. The van der Waals surface area contributed by atoms with Gasteiger partial charge in [0.2, 0.25) is 10.0 Å². The number of rotatable bonds is 6. The highest BCUT2D eigenvalue weighted by molar-refractivity contribution is 14.0. The molecule has 0 bridgehead atoms. The number of hydrogen-bond acceptors (Lipinski definition) is 6. The van der Waals surface area contributed by atoms with Crippen LogP contribution in [0.3, 0.4) is 0 Å². The number of sulfonamides is 1. The van der Waals surface area contributed by atoms with Crippen molar-refractivity contribution < 1.29 is 8.42 Å². The van der Waals surface area contributed by atoms with E-state index in [-0.39, 0.29) is 29.7 Å². The molecule has 1 aliphatic heterocycles. The molecule has 0 aromatic carbocycles. The van der Waals surface area contributed by atoms with Crippen LogP contribution >= 0.6 is 47.1 Å². The zero-order valence-corrected chi connectivity index (χ0v) is 19.5. The van der Waals surface area contributed by atoms with Crippen molar-refractivity contribution in [3.63, 3.8) is 0 Å². The molecule has 0 radical (unpaired) electrons. The Labute approximate surface area is 175 Å². The molecule has 2 rings (SSSR count). The van der Waals surface area contributed by atoms with E-state index in [1.807, 2.05) is 13.8 Å². The number of aliphatic imine (C=N–C) groups is 1. The Balaban J connectivity index is 0.00000312. The van der Waals surface area contributed by atoms with Gasteiger partial charge in [-0.05, 0) is 13.8 Å². The van der Waals surface area contributed by atoms with Gasteiger partial charge in [-0.3, -0.25) is 4.99 Å². The van der Waals surface area contributed by atoms with Crippen LogP contribution in [0.4, 0.5) is 0 Å². The molecule has 2 N–H and O–H groups in total. The SMILES string of the molecule is CN=C(NCCS(=O)(=O)N1CCSCC1)NCc1nc(C)c(C)s1.I. The minimum absolute atomic E-state index is 0. The first-order valence-corrected chi connectivity index (χ1v) is 11.4. The van der Waals surface area contributed by atoms with Crippen molar-refractivity contribution in [3.8, 4) is 0 Å². The second-order valence-corrected chi connectivity index (χ2v) is 10.0. The summed E-state index contributed by atoms with van der Waals surface area (Å²) in [6.07, 6.45) is 0. The first-order valence-electron chi connectivity index (χ1n) is 7.85. The quantitative estimate of drug-likeness (QED) is 0.336. The summed E-state index contributed by atoms with van der Waals surface area (Å²) in [5, 5.41) is 7.22. The van der Waals surface area contributed by atoms with Gasteiger partial charge in [0.25, 0.3) is 0 Å². The van der Waals surface area contributed by atoms with Crippen LogP contribution in [0.2, 0.25) is 0 Å². The third kappa shape index (κ3) is 7.19. The first-order chi connectivity index (χ1) is 11.4. The minimum atomic E-state index is -3.19. The molecule has 144 valence electrons. The van der Waals surface area contributed by atoms with Crippen LogP contribution in [0, 0.1) is 13.8 Å². The lowest BCUT2D eigenvalue weighted by atomic mass is 10.4. The molecular weight excluding hydrogens is 493 g/mol. The smallest absolute Gasteiger partial charge is 0.215 e. The van der Waals surface area contributed by atoms with Gasteiger partial charge in [0.1, 0.15) is 5.01 Å². The molecule has 7 nitrogen and oxygen atoms in total. The Hall–Kier alpha value is -0.110. The number of thioether (sulfide) groups is 1. The summed E-state index contributed by atoms with van der Waals surface area (Å²) < 4.78 is 26.2. The molecule has 1 aromatic heterocycles. The highest BCUT2D eigenvalue weighted by atomic mass is 127. The molecule has 0 unspecified atom stereocenters. The number of guanidine groups is 1. The molecule has 1 aromatic rings. The Morgan fingerprint density at radius 1 is 1.28 bits per heavy atom. The topological polar surface area (TPSA) is 86.7 Å². The molecule has 11 heteroatoms. The van der Waals surface area contributed by atoms with Crippen molar-refractivity contribution in [1.82, 2.24) is 19.9 Å². The standard InChI is InChI=1S/C14H25N5O2S3.HI/c1-11-12(2)23-13(18-11)10-17-14(15-3)16-4-9-24(20,21)19-5-7-22-8-6-19;/h4-10H2,1-3H3,(H2,15,16,17);1H. The van der Waals surface area contributed by atoms with Crippen molar-refractivity contribution in [2.24, 2.45) is 4.99 Å². The average Bonchev–Trinajstić information content (AvgIpc) is 2.89. The summed E-state index contributed by atoms with van der Waals surface area (Å²) in [6.45, 7) is 6.18. The van der Waals surface area contributed by atoms with E-state index in [9.17, 15) is 8.42 Å². The Morgan fingerprint density at radius 2 is 1.96 bits per heavy atom. The fourth-order valence-electron chi connectivity index (χ4n) is 2.25. The number of nitrogens with one attached hydrogen (secondary N) is 2. The molecule has 0 saturated carbocycles. The van der Waals surface area contributed by atoms with Crippen LogP contribution in [0.15, 0.2) is 4.99 Å². The summed E-state index contributed by atoms with van der Waals surface area (Å²) in [5.41, 5.74) is 1.05. The Bertz CT molecular complexity index is 653. The second kappa shape index (κ2) is 10.9. The van der Waals surface area contributed by atoms with E-state index in [0.717, 1.165) is 22.2 Å². The summed E-state index contributed by atoms with van der Waals surface area (Å²) in [5.74, 6) is 2.42. The summed E-state index contributed by atoms with van der Waals surface area (Å²) in [4.78, 5) is 9.80. The van der Waals surface area contributed by atoms with Gasteiger partial charge >= 0.3 is 0 Å². The molecule has 25 heavy (non-hydrogen) atoms. The summed E-state index contributed by atoms with van der Waals surface area (Å²) in [7, 11) is -1.52. The molecule has 0 spiro atoms. The average molecular weight is 520 g/mol. The van der Waals surface area contributed by atoms with Crippen LogP contribution in [0.25, 0.3) is 0 Å². The van der Waals surface area contributed by atoms with Gasteiger partial charge < -0.3 is 10.6 Å². The van der Waals surface area contributed by atoms with E-state index in [4.69, 9.17) is 0 Å². The van der Waals surface area contributed by atoms with E-state index < -0.39 is 10.0 Å². The Kier molecular flexibility index (Phi) is 10.00. The minimum Gasteiger partial charge on any atom is -0.355 e. The molecule has 1 saturated heterocycles. The lowest BCUT2D eigenvalue weighted by Gasteiger charge is -2.25. The predicted octanol–water partition coefficient (Wildman–Crippen LogP) is 1.42. The summed E-state index contributed by atoms with van der Waals surface area (Å²) in [6, 6.07) is 0. The number of aromatic nitrogens is 1. The Morgan fingerprint density at radius 3 is 2.52 bits per heavy atom. The van der Waals surface area contributed by atoms with Gasteiger partial charge in [-0.25, -0.2) is 17.7 Å². The largest absolute Gasteiger partial charge is 0.355 e. The number of thiazole rings is 1. The van der Waals surface area contributed by atoms with Gasteiger partial charge in [0.05, 0.1) is 18.0 Å². The van der Waals surface area contributed by atoms with E-state index in [0.29, 0.717) is 32.1 Å². The van der Waals surface area contributed by atoms with E-state index in [1.54, 1.807) is 34.5 Å². The van der Waals surface area contributed by atoms with E-state index in [2.05, 4.69) is 20.6 Å². The fraction of sp³-hybridized carbons (Fsp3) is 0.714. The molecule has 1 fully saturated rings. The van der Waals surface area contributed by atoms with Gasteiger partial charge in [-0.15, -0.1) is 35.3 Å². The number of hydrogen-bond donors (Lipinski definition) is 2. The predicted molar refractivity (Wildman–Crippen MR) is 118 cm³/mol. The van der Waals surface area contributed by atoms with E-state index >= 15 is 0 Å². The normalized spacial score (nSPS) is 16.4. The van der Waals surface area contributed by atoms with Gasteiger partial charge in [-0.2, -0.15) is 11.8 Å². The van der Waals surface area contributed by atoms with Crippen LogP contribution in [0.5, 0.6) is 0 Å². The molecule has 0 atom stereocenters. The van der Waals surface area contributed by atoms with Crippen LogP contribution in [-0.4, -0.2) is 67.6 Å². The summed E-state index contributed by atoms with van der Waals surface area (Å²) >= 11 is 3.45. The maximum Gasteiger partial charge on any atom is 0.215 e. The highest BCUT2D eigenvalue weighted by Gasteiger charge is 2.23. The zero-order valence-electron chi connectivity index (χ0n) is 14.7. The maximum atomic E-state index is 12.3.